The first-order chi connectivity index (χ1) is 13.1. The molecule has 1 aliphatic heterocycles. The first-order valence-electron chi connectivity index (χ1n) is 9.64. The van der Waals surface area contributed by atoms with E-state index in [9.17, 15) is 9.59 Å². The second-order valence-corrected chi connectivity index (χ2v) is 7.97. The molecule has 2 aromatic rings. The van der Waals surface area contributed by atoms with E-state index in [2.05, 4.69) is 16.0 Å². The topological polar surface area (TPSA) is 83.4 Å². The van der Waals surface area contributed by atoms with Gasteiger partial charge < -0.3 is 20.4 Å². The maximum atomic E-state index is 12.8. The average Bonchev–Trinajstić information content (AvgIpc) is 3.20. The first-order valence-corrected chi connectivity index (χ1v) is 9.64. The molecule has 0 unspecified atom stereocenters. The number of carbonyl (C=O) groups excluding carboxylic acids is 2. The van der Waals surface area contributed by atoms with Crippen LogP contribution in [-0.2, 0) is 11.3 Å². The van der Waals surface area contributed by atoms with Gasteiger partial charge in [-0.2, -0.15) is 0 Å². The highest BCUT2D eigenvalue weighted by Gasteiger charge is 2.55. The maximum Gasteiger partial charge on any atom is 0.255 e. The van der Waals surface area contributed by atoms with E-state index in [0.717, 1.165) is 37.1 Å². The van der Waals surface area contributed by atoms with Gasteiger partial charge in [-0.15, -0.1) is 0 Å². The lowest BCUT2D eigenvalue weighted by Gasteiger charge is -2.56. The standard InChI is InChI=1S/C21H23N3O3/c25-19(22-12-15-4-3-9-27-15)17-10-14-8-7-13(17)11-21(14)23-18-6-2-1-5-16(18)20(26)24-21/h1-6,9,13-14,17,23H,7-8,10-12H2,(H,22,25)(H,24,26)/t13-,14+,17-,21+/m0/s1. The largest absolute Gasteiger partial charge is 0.467 e. The Bertz CT molecular complexity index is 879. The van der Waals surface area contributed by atoms with E-state index in [-0.39, 0.29) is 29.6 Å². The Kier molecular flexibility index (Phi) is 3.74. The molecular formula is C21H23N3O3. The molecule has 6 nitrogen and oxygen atoms in total. The minimum Gasteiger partial charge on any atom is -0.467 e. The molecule has 4 atom stereocenters. The lowest BCUT2D eigenvalue weighted by molar-refractivity contribution is -0.132. The highest BCUT2D eigenvalue weighted by atomic mass is 16.3. The number of hydrogen-bond acceptors (Lipinski definition) is 4. The van der Waals surface area contributed by atoms with Gasteiger partial charge in [0.2, 0.25) is 5.91 Å². The van der Waals surface area contributed by atoms with E-state index >= 15 is 0 Å². The zero-order valence-electron chi connectivity index (χ0n) is 15.0. The van der Waals surface area contributed by atoms with Crippen molar-refractivity contribution < 1.29 is 14.0 Å². The monoisotopic (exact) mass is 365 g/mol. The summed E-state index contributed by atoms with van der Waals surface area (Å²) in [7, 11) is 0. The highest BCUT2D eigenvalue weighted by molar-refractivity contribution is 6.02. The summed E-state index contributed by atoms with van der Waals surface area (Å²) in [5.74, 6) is 1.36. The summed E-state index contributed by atoms with van der Waals surface area (Å²) in [5.41, 5.74) is 1.16. The Hall–Kier alpha value is -2.76. The van der Waals surface area contributed by atoms with E-state index in [4.69, 9.17) is 4.42 Å². The number of furan rings is 1. The number of carbonyl (C=O) groups is 2. The fraction of sp³-hybridized carbons (Fsp3) is 0.429. The van der Waals surface area contributed by atoms with Crippen LogP contribution in [-0.4, -0.2) is 17.5 Å². The van der Waals surface area contributed by atoms with Gasteiger partial charge in [-0.1, -0.05) is 12.1 Å². The van der Waals surface area contributed by atoms with E-state index < -0.39 is 5.66 Å². The van der Waals surface area contributed by atoms with Crippen molar-refractivity contribution in [2.45, 2.75) is 37.9 Å². The van der Waals surface area contributed by atoms with Crippen LogP contribution in [0.3, 0.4) is 0 Å². The van der Waals surface area contributed by atoms with Gasteiger partial charge in [0.05, 0.1) is 18.4 Å². The molecule has 0 saturated heterocycles. The molecule has 3 N–H and O–H groups in total. The molecule has 4 aliphatic rings. The van der Waals surface area contributed by atoms with E-state index in [1.165, 1.54) is 0 Å². The van der Waals surface area contributed by atoms with Crippen LogP contribution in [0.5, 0.6) is 0 Å². The van der Waals surface area contributed by atoms with Crippen molar-refractivity contribution >= 4 is 17.5 Å². The van der Waals surface area contributed by atoms with Crippen LogP contribution in [0.2, 0.25) is 0 Å². The third kappa shape index (κ3) is 2.71. The van der Waals surface area contributed by atoms with Crippen LogP contribution in [0, 0.1) is 17.8 Å². The summed E-state index contributed by atoms with van der Waals surface area (Å²) in [5, 5.41) is 9.86. The van der Waals surface area contributed by atoms with Crippen LogP contribution in [0.1, 0.15) is 41.8 Å². The zero-order chi connectivity index (χ0) is 18.4. The van der Waals surface area contributed by atoms with Gasteiger partial charge >= 0.3 is 0 Å². The van der Waals surface area contributed by atoms with Crippen LogP contribution in [0.4, 0.5) is 5.69 Å². The highest BCUT2D eigenvalue weighted by Crippen LogP contribution is 2.51. The smallest absolute Gasteiger partial charge is 0.255 e. The Morgan fingerprint density at radius 1 is 1.19 bits per heavy atom. The van der Waals surface area contributed by atoms with Crippen molar-refractivity contribution in [2.75, 3.05) is 5.32 Å². The molecule has 3 aliphatic carbocycles. The molecule has 0 radical (unpaired) electrons. The third-order valence-corrected chi connectivity index (χ3v) is 6.49. The summed E-state index contributed by atoms with van der Waals surface area (Å²) in [6.07, 6.45) is 5.26. The summed E-state index contributed by atoms with van der Waals surface area (Å²) >= 11 is 0. The first kappa shape index (κ1) is 16.4. The summed E-state index contributed by atoms with van der Waals surface area (Å²) in [6.45, 7) is 0.424. The van der Waals surface area contributed by atoms with E-state index in [1.807, 2.05) is 36.4 Å². The molecule has 140 valence electrons. The van der Waals surface area contributed by atoms with Gasteiger partial charge in [-0.05, 0) is 55.9 Å². The molecule has 1 aromatic heterocycles. The molecule has 2 bridgehead atoms. The fourth-order valence-corrected chi connectivity index (χ4v) is 5.18. The van der Waals surface area contributed by atoms with Crippen molar-refractivity contribution in [3.8, 4) is 0 Å². The van der Waals surface area contributed by atoms with Gasteiger partial charge in [0.15, 0.2) is 0 Å². The Morgan fingerprint density at radius 2 is 2.07 bits per heavy atom. The number of fused-ring (bicyclic) bond motifs is 3. The molecule has 6 heteroatoms. The minimum atomic E-state index is -0.424. The quantitative estimate of drug-likeness (QED) is 0.781. The number of para-hydroxylation sites is 1. The molecule has 3 saturated carbocycles. The van der Waals surface area contributed by atoms with Crippen molar-refractivity contribution in [1.82, 2.24) is 10.6 Å². The van der Waals surface area contributed by atoms with E-state index in [0.29, 0.717) is 12.1 Å². The second-order valence-electron chi connectivity index (χ2n) is 7.97. The lowest BCUT2D eigenvalue weighted by Crippen LogP contribution is -2.68. The molecule has 2 heterocycles. The Morgan fingerprint density at radius 3 is 2.85 bits per heavy atom. The SMILES string of the molecule is O=C1N[C@@]2(C[C@@H]3CC[C@@H]2C[C@@H]3C(=O)NCc2ccco2)Nc2ccccc21. The molecule has 2 amide bonds. The predicted molar refractivity (Wildman–Crippen MR) is 99.8 cm³/mol. The zero-order valence-corrected chi connectivity index (χ0v) is 15.0. The number of benzene rings is 1. The summed E-state index contributed by atoms with van der Waals surface area (Å²) < 4.78 is 5.30. The van der Waals surface area contributed by atoms with Crippen LogP contribution >= 0.6 is 0 Å². The second kappa shape index (κ2) is 6.15. The normalized spacial score (nSPS) is 31.1. The number of amides is 2. The maximum absolute atomic E-state index is 12.8. The number of rotatable bonds is 3. The number of anilines is 1. The van der Waals surface area contributed by atoms with Crippen LogP contribution in [0.25, 0.3) is 0 Å². The van der Waals surface area contributed by atoms with E-state index in [1.54, 1.807) is 6.26 Å². The fourth-order valence-electron chi connectivity index (χ4n) is 5.18. The Labute approximate surface area is 157 Å². The van der Waals surface area contributed by atoms with Gasteiger partial charge in [-0.3, -0.25) is 9.59 Å². The van der Waals surface area contributed by atoms with Gasteiger partial charge in [0, 0.05) is 17.5 Å². The molecule has 1 spiro atoms. The molecule has 6 rings (SSSR count). The predicted octanol–water partition coefficient (Wildman–Crippen LogP) is 2.88. The Balaban J connectivity index is 1.32. The summed E-state index contributed by atoms with van der Waals surface area (Å²) in [6, 6.07) is 11.3. The molecule has 1 aromatic carbocycles. The lowest BCUT2D eigenvalue weighted by atomic mass is 9.58. The van der Waals surface area contributed by atoms with Gasteiger partial charge in [0.25, 0.3) is 5.91 Å². The van der Waals surface area contributed by atoms with Crippen molar-refractivity contribution in [3.05, 3.63) is 54.0 Å². The number of hydrogen-bond donors (Lipinski definition) is 3. The van der Waals surface area contributed by atoms with Crippen molar-refractivity contribution in [2.24, 2.45) is 17.8 Å². The minimum absolute atomic E-state index is 0.000194. The van der Waals surface area contributed by atoms with Crippen molar-refractivity contribution in [1.29, 1.82) is 0 Å². The van der Waals surface area contributed by atoms with Crippen molar-refractivity contribution in [3.63, 3.8) is 0 Å². The molecule has 27 heavy (non-hydrogen) atoms. The van der Waals surface area contributed by atoms with Gasteiger partial charge in [0.1, 0.15) is 11.4 Å². The molecule has 3 fully saturated rings. The molecular weight excluding hydrogens is 342 g/mol. The van der Waals surface area contributed by atoms with Crippen LogP contribution < -0.4 is 16.0 Å². The van der Waals surface area contributed by atoms with Gasteiger partial charge in [-0.25, -0.2) is 0 Å². The number of nitrogens with one attached hydrogen (secondary N) is 3. The van der Waals surface area contributed by atoms with Crippen LogP contribution in [0.15, 0.2) is 47.1 Å². The summed E-state index contributed by atoms with van der Waals surface area (Å²) in [4.78, 5) is 25.4. The third-order valence-electron chi connectivity index (χ3n) is 6.49. The average molecular weight is 365 g/mol.